The molecule has 2 rings (SSSR count). The minimum atomic E-state index is -4.39. The molecule has 0 aliphatic rings. The number of aromatic nitrogens is 1. The molecule has 16 heavy (non-hydrogen) atoms. The van der Waals surface area contributed by atoms with E-state index in [0.29, 0.717) is 5.69 Å². The monoisotopic (exact) mass is 243 g/mol. The number of thiazole rings is 1. The van der Waals surface area contributed by atoms with Crippen molar-refractivity contribution in [1.82, 2.24) is 4.98 Å². The van der Waals surface area contributed by atoms with Crippen LogP contribution in [-0.2, 0) is 6.18 Å². The van der Waals surface area contributed by atoms with E-state index in [1.807, 2.05) is 0 Å². The van der Waals surface area contributed by atoms with Gasteiger partial charge in [0.25, 0.3) is 0 Å². The van der Waals surface area contributed by atoms with Gasteiger partial charge < -0.3 is 5.32 Å². The lowest BCUT2D eigenvalue weighted by atomic mass is 10.3. The maximum atomic E-state index is 12.3. The Morgan fingerprint density at radius 3 is 2.75 bits per heavy atom. The molecule has 0 aliphatic carbocycles. The molecular weight excluding hydrogens is 237 g/mol. The quantitative estimate of drug-likeness (QED) is 0.869. The smallest absolute Gasteiger partial charge is 0.332 e. The van der Waals surface area contributed by atoms with Crippen LogP contribution in [0, 0.1) is 6.07 Å². The van der Waals surface area contributed by atoms with Crippen LogP contribution in [-0.4, -0.2) is 4.98 Å². The van der Waals surface area contributed by atoms with E-state index in [4.69, 9.17) is 0 Å². The van der Waals surface area contributed by atoms with Crippen LogP contribution in [0.3, 0.4) is 0 Å². The standard InChI is InChI=1S/C10H6F3N2S/c11-10(12,13)8-6-16-9(15-8)14-7-4-2-1-3-5-7/h1-2,4-6H,(H,14,15). The summed E-state index contributed by atoms with van der Waals surface area (Å²) in [6.07, 6.45) is -4.39. The summed E-state index contributed by atoms with van der Waals surface area (Å²) in [5.74, 6) is 0. The third-order valence-corrected chi connectivity index (χ3v) is 2.51. The van der Waals surface area contributed by atoms with E-state index in [2.05, 4.69) is 16.4 Å². The fourth-order valence-electron chi connectivity index (χ4n) is 1.06. The number of hydrogen-bond donors (Lipinski definition) is 1. The summed E-state index contributed by atoms with van der Waals surface area (Å²) in [6, 6.07) is 9.61. The van der Waals surface area contributed by atoms with Crippen molar-refractivity contribution in [2.75, 3.05) is 5.32 Å². The lowest BCUT2D eigenvalue weighted by Gasteiger charge is -2.02. The van der Waals surface area contributed by atoms with Crippen molar-refractivity contribution >= 4 is 22.2 Å². The molecule has 0 unspecified atom stereocenters. The first-order valence-corrected chi connectivity index (χ1v) is 5.19. The normalized spacial score (nSPS) is 11.4. The van der Waals surface area contributed by atoms with Gasteiger partial charge in [0.1, 0.15) is 0 Å². The summed E-state index contributed by atoms with van der Waals surface area (Å²) in [4.78, 5) is 3.45. The van der Waals surface area contributed by atoms with Crippen molar-refractivity contribution in [3.63, 3.8) is 0 Å². The molecule has 1 N–H and O–H groups in total. The molecule has 83 valence electrons. The van der Waals surface area contributed by atoms with E-state index in [0.717, 1.165) is 16.7 Å². The highest BCUT2D eigenvalue weighted by Gasteiger charge is 2.33. The van der Waals surface area contributed by atoms with Crippen LogP contribution in [0.25, 0.3) is 0 Å². The van der Waals surface area contributed by atoms with Gasteiger partial charge in [-0.3, -0.25) is 0 Å². The maximum absolute atomic E-state index is 12.3. The van der Waals surface area contributed by atoms with Crippen molar-refractivity contribution < 1.29 is 13.2 Å². The highest BCUT2D eigenvalue weighted by molar-refractivity contribution is 7.13. The van der Waals surface area contributed by atoms with Crippen LogP contribution < -0.4 is 5.32 Å². The number of rotatable bonds is 2. The molecule has 0 saturated carbocycles. The Morgan fingerprint density at radius 2 is 2.19 bits per heavy atom. The predicted molar refractivity (Wildman–Crippen MR) is 55.7 cm³/mol. The molecule has 0 atom stereocenters. The summed E-state index contributed by atoms with van der Waals surface area (Å²) in [6.45, 7) is 0. The molecule has 0 amide bonds. The van der Waals surface area contributed by atoms with Crippen LogP contribution in [0.4, 0.5) is 24.0 Å². The fraction of sp³-hybridized carbons (Fsp3) is 0.100. The number of nitrogens with zero attached hydrogens (tertiary/aromatic N) is 1. The molecule has 2 nitrogen and oxygen atoms in total. The molecular formula is C10H6F3N2S. The highest BCUT2D eigenvalue weighted by Crippen LogP contribution is 2.32. The molecule has 1 aromatic carbocycles. The van der Waals surface area contributed by atoms with Crippen LogP contribution >= 0.6 is 11.3 Å². The molecule has 0 fully saturated rings. The van der Waals surface area contributed by atoms with Crippen LogP contribution in [0.1, 0.15) is 5.69 Å². The number of alkyl halides is 3. The van der Waals surface area contributed by atoms with Crippen LogP contribution in [0.5, 0.6) is 0 Å². The first kappa shape index (κ1) is 10.9. The molecule has 1 radical (unpaired) electrons. The molecule has 6 heteroatoms. The van der Waals surface area contributed by atoms with E-state index >= 15 is 0 Å². The first-order valence-electron chi connectivity index (χ1n) is 4.31. The molecule has 2 aromatic rings. The molecule has 0 bridgehead atoms. The third kappa shape index (κ3) is 2.52. The van der Waals surface area contributed by atoms with E-state index < -0.39 is 11.9 Å². The van der Waals surface area contributed by atoms with Gasteiger partial charge >= 0.3 is 6.18 Å². The number of anilines is 2. The zero-order valence-electron chi connectivity index (χ0n) is 7.88. The van der Waals surface area contributed by atoms with Gasteiger partial charge in [-0.15, -0.1) is 11.3 Å². The van der Waals surface area contributed by atoms with Crippen LogP contribution in [0.15, 0.2) is 29.6 Å². The Kier molecular flexibility index (Phi) is 2.82. The van der Waals surface area contributed by atoms with Gasteiger partial charge in [-0.2, -0.15) is 13.2 Å². The van der Waals surface area contributed by atoms with E-state index in [1.54, 1.807) is 24.3 Å². The Hall–Kier alpha value is -1.56. The second-order valence-electron chi connectivity index (χ2n) is 2.95. The summed E-state index contributed by atoms with van der Waals surface area (Å²) in [7, 11) is 0. The van der Waals surface area contributed by atoms with Crippen molar-refractivity contribution in [2.24, 2.45) is 0 Å². The van der Waals surface area contributed by atoms with Gasteiger partial charge in [-0.1, -0.05) is 12.1 Å². The Balaban J connectivity index is 2.15. The Bertz CT molecular complexity index is 464. The second kappa shape index (κ2) is 4.13. The fourth-order valence-corrected chi connectivity index (χ4v) is 1.79. The topological polar surface area (TPSA) is 24.9 Å². The minimum Gasteiger partial charge on any atom is -0.332 e. The van der Waals surface area contributed by atoms with Crippen molar-refractivity contribution in [2.45, 2.75) is 6.18 Å². The molecule has 1 aromatic heterocycles. The summed E-state index contributed by atoms with van der Waals surface area (Å²) in [5, 5.41) is 3.97. The number of hydrogen-bond acceptors (Lipinski definition) is 3. The zero-order valence-corrected chi connectivity index (χ0v) is 8.69. The maximum Gasteiger partial charge on any atom is 0.434 e. The predicted octanol–water partition coefficient (Wildman–Crippen LogP) is 3.71. The molecule has 0 aliphatic heterocycles. The Morgan fingerprint density at radius 1 is 1.38 bits per heavy atom. The van der Waals surface area contributed by atoms with Crippen LogP contribution in [0.2, 0.25) is 0 Å². The zero-order chi connectivity index (χ0) is 11.6. The summed E-state index contributed by atoms with van der Waals surface area (Å²) < 4.78 is 36.8. The summed E-state index contributed by atoms with van der Waals surface area (Å²) >= 11 is 0.915. The van der Waals surface area contributed by atoms with Gasteiger partial charge in [0.2, 0.25) is 0 Å². The lowest BCUT2D eigenvalue weighted by molar-refractivity contribution is -0.140. The Labute approximate surface area is 93.8 Å². The highest BCUT2D eigenvalue weighted by atomic mass is 32.1. The average molecular weight is 243 g/mol. The molecule has 0 saturated heterocycles. The average Bonchev–Trinajstić information content (AvgIpc) is 2.67. The summed E-state index contributed by atoms with van der Waals surface area (Å²) in [5.41, 5.74) is -0.217. The number of benzene rings is 1. The van der Waals surface area contributed by atoms with Crippen molar-refractivity contribution in [3.05, 3.63) is 41.4 Å². The molecule has 0 spiro atoms. The van der Waals surface area contributed by atoms with Gasteiger partial charge in [0.15, 0.2) is 10.8 Å². The first-order chi connectivity index (χ1) is 7.55. The second-order valence-corrected chi connectivity index (χ2v) is 3.81. The van der Waals surface area contributed by atoms with Gasteiger partial charge in [0.05, 0.1) is 0 Å². The van der Waals surface area contributed by atoms with Gasteiger partial charge in [0, 0.05) is 11.1 Å². The SMILES string of the molecule is FC(F)(F)c1csc(Nc2c[c]ccc2)n1. The van der Waals surface area contributed by atoms with E-state index in [-0.39, 0.29) is 5.13 Å². The van der Waals surface area contributed by atoms with Crippen molar-refractivity contribution in [3.8, 4) is 0 Å². The lowest BCUT2D eigenvalue weighted by Crippen LogP contribution is -2.05. The van der Waals surface area contributed by atoms with Gasteiger partial charge in [-0.25, -0.2) is 4.98 Å². The minimum absolute atomic E-state index is 0.215. The third-order valence-electron chi connectivity index (χ3n) is 1.75. The van der Waals surface area contributed by atoms with E-state index in [9.17, 15) is 13.2 Å². The number of halogens is 3. The van der Waals surface area contributed by atoms with Gasteiger partial charge in [-0.05, 0) is 18.2 Å². The largest absolute Gasteiger partial charge is 0.434 e. The van der Waals surface area contributed by atoms with E-state index in [1.165, 1.54) is 0 Å². The molecule has 1 heterocycles. The number of nitrogens with one attached hydrogen (secondary N) is 1. The van der Waals surface area contributed by atoms with Crippen molar-refractivity contribution in [1.29, 1.82) is 0 Å².